The molecule has 4 heteroatoms. The number of nitrogens with two attached hydrogens (primary N) is 1. The predicted molar refractivity (Wildman–Crippen MR) is 85.6 cm³/mol. The number of para-hydroxylation sites is 1. The van der Waals surface area contributed by atoms with E-state index in [1.165, 1.54) is 5.56 Å². The fraction of sp³-hybridized carbons (Fsp3) is 0.235. The zero-order chi connectivity index (χ0) is 14.8. The van der Waals surface area contributed by atoms with Crippen LogP contribution in [0.2, 0.25) is 0 Å². The van der Waals surface area contributed by atoms with E-state index in [0.717, 1.165) is 41.3 Å². The highest BCUT2D eigenvalue weighted by Crippen LogP contribution is 2.22. The number of methoxy groups -OCH3 is 1. The first-order chi connectivity index (χ1) is 10.2. The van der Waals surface area contributed by atoms with Crippen LogP contribution in [0.15, 0.2) is 42.5 Å². The van der Waals surface area contributed by atoms with Gasteiger partial charge in [-0.05, 0) is 43.2 Å². The molecule has 21 heavy (non-hydrogen) atoms. The van der Waals surface area contributed by atoms with Crippen LogP contribution in [0.5, 0.6) is 5.75 Å². The van der Waals surface area contributed by atoms with Crippen molar-refractivity contribution < 1.29 is 4.74 Å². The fourth-order valence-electron chi connectivity index (χ4n) is 2.69. The molecule has 3 rings (SSSR count). The Morgan fingerprint density at radius 1 is 1.19 bits per heavy atom. The van der Waals surface area contributed by atoms with E-state index in [1.807, 2.05) is 43.3 Å². The maximum Gasteiger partial charge on any atom is 0.122 e. The summed E-state index contributed by atoms with van der Waals surface area (Å²) in [6, 6.07) is 14.0. The van der Waals surface area contributed by atoms with Crippen molar-refractivity contribution in [3.05, 3.63) is 53.9 Å². The van der Waals surface area contributed by atoms with Gasteiger partial charge in [0.1, 0.15) is 11.6 Å². The molecule has 0 fully saturated rings. The summed E-state index contributed by atoms with van der Waals surface area (Å²) in [5, 5.41) is 0. The van der Waals surface area contributed by atoms with Gasteiger partial charge in [-0.15, -0.1) is 0 Å². The van der Waals surface area contributed by atoms with E-state index >= 15 is 0 Å². The molecule has 0 aliphatic rings. The number of ether oxygens (including phenoxy) is 1. The second-order valence-corrected chi connectivity index (χ2v) is 5.12. The molecule has 0 radical (unpaired) electrons. The molecule has 0 saturated carbocycles. The van der Waals surface area contributed by atoms with Gasteiger partial charge in [0.15, 0.2) is 0 Å². The minimum atomic E-state index is 0.747. The van der Waals surface area contributed by atoms with Crippen molar-refractivity contribution in [2.75, 3.05) is 12.8 Å². The van der Waals surface area contributed by atoms with Crippen molar-refractivity contribution in [1.29, 1.82) is 0 Å². The summed E-state index contributed by atoms with van der Waals surface area (Å²) in [5.74, 6) is 1.94. The van der Waals surface area contributed by atoms with Gasteiger partial charge in [0, 0.05) is 12.2 Å². The Kier molecular flexibility index (Phi) is 3.52. The van der Waals surface area contributed by atoms with Gasteiger partial charge < -0.3 is 15.0 Å². The average molecular weight is 281 g/mol. The molecule has 0 amide bonds. The van der Waals surface area contributed by atoms with E-state index in [2.05, 4.69) is 15.6 Å². The monoisotopic (exact) mass is 281 g/mol. The third kappa shape index (κ3) is 2.57. The van der Waals surface area contributed by atoms with Crippen molar-refractivity contribution >= 4 is 16.7 Å². The van der Waals surface area contributed by atoms with Gasteiger partial charge in [0.2, 0.25) is 0 Å². The molecule has 0 bridgehead atoms. The molecule has 1 aromatic heterocycles. The Hall–Kier alpha value is -2.49. The van der Waals surface area contributed by atoms with E-state index < -0.39 is 0 Å². The topological polar surface area (TPSA) is 53.1 Å². The third-order valence-electron chi connectivity index (χ3n) is 3.76. The van der Waals surface area contributed by atoms with Crippen molar-refractivity contribution in [2.24, 2.45) is 0 Å². The molecule has 108 valence electrons. The summed E-state index contributed by atoms with van der Waals surface area (Å²) in [5.41, 5.74) is 9.85. The Bertz CT molecular complexity index is 777. The maximum atomic E-state index is 5.82. The van der Waals surface area contributed by atoms with E-state index in [4.69, 9.17) is 10.5 Å². The lowest BCUT2D eigenvalue weighted by Crippen LogP contribution is -2.04. The number of aryl methyl sites for hydroxylation is 3. The zero-order valence-corrected chi connectivity index (χ0v) is 12.3. The number of imidazole rings is 1. The number of nitrogen functional groups attached to an aromatic ring is 1. The number of fused-ring (bicyclic) bond motifs is 1. The first-order valence-corrected chi connectivity index (χ1v) is 7.03. The van der Waals surface area contributed by atoms with E-state index in [-0.39, 0.29) is 0 Å². The molecular formula is C17H19N3O. The zero-order valence-electron chi connectivity index (χ0n) is 12.3. The van der Waals surface area contributed by atoms with E-state index in [1.54, 1.807) is 7.11 Å². The first-order valence-electron chi connectivity index (χ1n) is 7.03. The largest absolute Gasteiger partial charge is 0.496 e. The number of hydrogen-bond acceptors (Lipinski definition) is 3. The van der Waals surface area contributed by atoms with Crippen LogP contribution in [0.1, 0.15) is 11.4 Å². The quantitative estimate of drug-likeness (QED) is 0.747. The van der Waals surface area contributed by atoms with Crippen LogP contribution in [-0.2, 0) is 13.0 Å². The molecule has 0 atom stereocenters. The number of anilines is 1. The summed E-state index contributed by atoms with van der Waals surface area (Å²) < 4.78 is 7.63. The van der Waals surface area contributed by atoms with Gasteiger partial charge in [-0.3, -0.25) is 0 Å². The highest BCUT2D eigenvalue weighted by Gasteiger charge is 2.09. The molecule has 3 aromatic rings. The predicted octanol–water partition coefficient (Wildman–Crippen LogP) is 3.18. The summed E-state index contributed by atoms with van der Waals surface area (Å²) in [7, 11) is 1.71. The molecule has 1 heterocycles. The SMILES string of the molecule is COc1ccccc1CCn1c(C)nc2cc(N)ccc21. The van der Waals surface area contributed by atoms with Crippen LogP contribution in [0.25, 0.3) is 11.0 Å². The highest BCUT2D eigenvalue weighted by molar-refractivity contribution is 5.79. The first kappa shape index (κ1) is 13.5. The van der Waals surface area contributed by atoms with Crippen LogP contribution < -0.4 is 10.5 Å². The minimum Gasteiger partial charge on any atom is -0.496 e. The maximum absolute atomic E-state index is 5.82. The van der Waals surface area contributed by atoms with Crippen LogP contribution in [0, 0.1) is 6.92 Å². The molecular weight excluding hydrogens is 262 g/mol. The van der Waals surface area contributed by atoms with Crippen molar-refractivity contribution in [3.63, 3.8) is 0 Å². The van der Waals surface area contributed by atoms with Gasteiger partial charge >= 0.3 is 0 Å². The number of nitrogens with zero attached hydrogens (tertiary/aromatic N) is 2. The Balaban J connectivity index is 1.90. The normalized spacial score (nSPS) is 11.0. The molecule has 0 aliphatic carbocycles. The number of rotatable bonds is 4. The fourth-order valence-corrected chi connectivity index (χ4v) is 2.69. The Labute approximate surface area is 124 Å². The smallest absolute Gasteiger partial charge is 0.122 e. The molecule has 2 N–H and O–H groups in total. The van der Waals surface area contributed by atoms with Gasteiger partial charge in [-0.25, -0.2) is 4.98 Å². The third-order valence-corrected chi connectivity index (χ3v) is 3.76. The second-order valence-electron chi connectivity index (χ2n) is 5.12. The second kappa shape index (κ2) is 5.48. The Morgan fingerprint density at radius 3 is 2.81 bits per heavy atom. The molecule has 2 aromatic carbocycles. The highest BCUT2D eigenvalue weighted by atomic mass is 16.5. The molecule has 0 spiro atoms. The van der Waals surface area contributed by atoms with Gasteiger partial charge in [-0.2, -0.15) is 0 Å². The van der Waals surface area contributed by atoms with Crippen LogP contribution in [0.3, 0.4) is 0 Å². The van der Waals surface area contributed by atoms with Gasteiger partial charge in [-0.1, -0.05) is 18.2 Å². The summed E-state index contributed by atoms with van der Waals surface area (Å²) in [6.07, 6.45) is 0.903. The van der Waals surface area contributed by atoms with E-state index in [9.17, 15) is 0 Å². The standard InChI is InChI=1S/C17H19N3O/c1-12-19-15-11-14(18)7-8-16(15)20(12)10-9-13-5-3-4-6-17(13)21-2/h3-8,11H,9-10,18H2,1-2H3. The van der Waals surface area contributed by atoms with Crippen LogP contribution in [-0.4, -0.2) is 16.7 Å². The number of aromatic nitrogens is 2. The summed E-state index contributed by atoms with van der Waals surface area (Å²) in [6.45, 7) is 2.89. The number of hydrogen-bond donors (Lipinski definition) is 1. The van der Waals surface area contributed by atoms with Crippen LogP contribution >= 0.6 is 0 Å². The minimum absolute atomic E-state index is 0.747. The molecule has 0 saturated heterocycles. The summed E-state index contributed by atoms with van der Waals surface area (Å²) >= 11 is 0. The number of benzene rings is 2. The molecule has 4 nitrogen and oxygen atoms in total. The van der Waals surface area contributed by atoms with Gasteiger partial charge in [0.05, 0.1) is 18.1 Å². The van der Waals surface area contributed by atoms with Crippen molar-refractivity contribution in [3.8, 4) is 5.75 Å². The molecule has 0 aliphatic heterocycles. The molecule has 0 unspecified atom stereocenters. The summed E-state index contributed by atoms with van der Waals surface area (Å²) in [4.78, 5) is 4.58. The lowest BCUT2D eigenvalue weighted by molar-refractivity contribution is 0.408. The average Bonchev–Trinajstić information content (AvgIpc) is 2.80. The lowest BCUT2D eigenvalue weighted by Gasteiger charge is -2.10. The van der Waals surface area contributed by atoms with Crippen LogP contribution in [0.4, 0.5) is 5.69 Å². The van der Waals surface area contributed by atoms with Crippen molar-refractivity contribution in [2.45, 2.75) is 19.9 Å². The lowest BCUT2D eigenvalue weighted by atomic mass is 10.1. The van der Waals surface area contributed by atoms with Gasteiger partial charge in [0.25, 0.3) is 0 Å². The van der Waals surface area contributed by atoms with Crippen molar-refractivity contribution in [1.82, 2.24) is 9.55 Å². The Morgan fingerprint density at radius 2 is 2.00 bits per heavy atom. The van der Waals surface area contributed by atoms with E-state index in [0.29, 0.717) is 0 Å².